The molecule has 0 radical (unpaired) electrons. The first-order chi connectivity index (χ1) is 13.6. The fraction of sp³-hybridized carbons (Fsp3) is 0.636. The van der Waals surface area contributed by atoms with Gasteiger partial charge in [0, 0.05) is 17.3 Å². The van der Waals surface area contributed by atoms with Gasteiger partial charge >= 0.3 is 0 Å². The Kier molecular flexibility index (Phi) is 7.52. The molecule has 152 valence electrons. The van der Waals surface area contributed by atoms with E-state index in [1.165, 1.54) is 37.0 Å². The molecular formula is C22H32N4OS. The Bertz CT molecular complexity index is 754. The van der Waals surface area contributed by atoms with Crippen LogP contribution in [0.1, 0.15) is 80.3 Å². The second-order valence-corrected chi connectivity index (χ2v) is 9.06. The number of rotatable bonds is 9. The van der Waals surface area contributed by atoms with Gasteiger partial charge in [-0.1, -0.05) is 32.3 Å². The van der Waals surface area contributed by atoms with E-state index < -0.39 is 0 Å². The van der Waals surface area contributed by atoms with Crippen molar-refractivity contribution >= 4 is 17.2 Å². The van der Waals surface area contributed by atoms with Crippen LogP contribution in [0.25, 0.3) is 0 Å². The lowest BCUT2D eigenvalue weighted by Crippen LogP contribution is -2.26. The summed E-state index contributed by atoms with van der Waals surface area (Å²) in [5, 5.41) is 14.9. The van der Waals surface area contributed by atoms with Crippen molar-refractivity contribution in [1.82, 2.24) is 9.88 Å². The highest BCUT2D eigenvalue weighted by Crippen LogP contribution is 2.38. The van der Waals surface area contributed by atoms with Gasteiger partial charge < -0.3 is 14.6 Å². The van der Waals surface area contributed by atoms with Gasteiger partial charge in [0.2, 0.25) is 17.5 Å². The average Bonchev–Trinajstić information content (AvgIpc) is 3.37. The van der Waals surface area contributed by atoms with Crippen molar-refractivity contribution in [2.75, 3.05) is 26.0 Å². The quantitative estimate of drug-likeness (QED) is 0.577. The van der Waals surface area contributed by atoms with E-state index in [9.17, 15) is 5.26 Å². The number of unbranched alkanes of at least 4 members (excludes halogenated alkanes) is 1. The largest absolute Gasteiger partial charge is 0.424 e. The Morgan fingerprint density at radius 3 is 2.75 bits per heavy atom. The summed E-state index contributed by atoms with van der Waals surface area (Å²) in [4.78, 5) is 8.00. The summed E-state index contributed by atoms with van der Waals surface area (Å²) in [6.07, 6.45) is 8.69. The number of nitriles is 1. The highest BCUT2D eigenvalue weighted by atomic mass is 32.1. The average molecular weight is 401 g/mol. The Balaban J connectivity index is 1.62. The van der Waals surface area contributed by atoms with Gasteiger partial charge in [0.25, 0.3) is 0 Å². The minimum atomic E-state index is 0.231. The molecule has 1 saturated carbocycles. The number of nitrogens with zero attached hydrogens (tertiary/aromatic N) is 3. The lowest BCUT2D eigenvalue weighted by Gasteiger charge is -2.26. The fourth-order valence-electron chi connectivity index (χ4n) is 4.11. The van der Waals surface area contributed by atoms with Gasteiger partial charge in [-0.2, -0.15) is 5.26 Å². The highest BCUT2D eigenvalue weighted by Gasteiger charge is 2.27. The van der Waals surface area contributed by atoms with Crippen molar-refractivity contribution in [2.45, 2.75) is 63.8 Å². The van der Waals surface area contributed by atoms with Crippen LogP contribution in [0.2, 0.25) is 0 Å². The third-order valence-corrected chi connectivity index (χ3v) is 6.84. The van der Waals surface area contributed by atoms with Crippen LogP contribution in [0.3, 0.4) is 0 Å². The molecule has 0 saturated heterocycles. The third kappa shape index (κ3) is 5.15. The SMILES string of the molecule is CCCCC1CCC(c2nc(C#N)c(NCC(c3cccs3)N(C)C)o2)CC1. The molecule has 1 N–H and O–H groups in total. The van der Waals surface area contributed by atoms with E-state index in [0.29, 0.717) is 24.0 Å². The summed E-state index contributed by atoms with van der Waals surface area (Å²) in [5.74, 6) is 2.47. The molecule has 1 atom stereocenters. The molecule has 0 aliphatic heterocycles. The van der Waals surface area contributed by atoms with Gasteiger partial charge in [-0.15, -0.1) is 11.3 Å². The molecule has 1 unspecified atom stereocenters. The predicted molar refractivity (Wildman–Crippen MR) is 115 cm³/mol. The van der Waals surface area contributed by atoms with Crippen LogP contribution in [0.5, 0.6) is 0 Å². The number of aromatic nitrogens is 1. The summed E-state index contributed by atoms with van der Waals surface area (Å²) in [5.41, 5.74) is 0.381. The number of hydrogen-bond donors (Lipinski definition) is 1. The number of thiophene rings is 1. The Morgan fingerprint density at radius 2 is 2.14 bits per heavy atom. The highest BCUT2D eigenvalue weighted by molar-refractivity contribution is 7.10. The lowest BCUT2D eigenvalue weighted by molar-refractivity contribution is 0.278. The first kappa shape index (κ1) is 20.9. The molecule has 0 bridgehead atoms. The van der Waals surface area contributed by atoms with Crippen LogP contribution in [0.15, 0.2) is 21.9 Å². The maximum absolute atomic E-state index is 9.51. The van der Waals surface area contributed by atoms with Crippen LogP contribution in [-0.2, 0) is 0 Å². The van der Waals surface area contributed by atoms with Crippen molar-refractivity contribution in [3.8, 4) is 6.07 Å². The van der Waals surface area contributed by atoms with E-state index >= 15 is 0 Å². The maximum atomic E-state index is 9.51. The molecule has 28 heavy (non-hydrogen) atoms. The summed E-state index contributed by atoms with van der Waals surface area (Å²) in [6.45, 7) is 2.94. The standard InChI is InChI=1S/C22H32N4OS/c1-4-5-7-16-9-11-17(12-10-16)21-25-18(14-23)22(27-21)24-15-19(26(2)3)20-8-6-13-28-20/h6,8,13,16-17,19,24H,4-5,7,9-12,15H2,1-3H3. The van der Waals surface area contributed by atoms with Crippen molar-refractivity contribution in [3.05, 3.63) is 34.0 Å². The summed E-state index contributed by atoms with van der Waals surface area (Å²) in [6, 6.07) is 6.65. The Hall–Kier alpha value is -1.84. The zero-order valence-electron chi connectivity index (χ0n) is 17.3. The second-order valence-electron chi connectivity index (χ2n) is 8.08. The van der Waals surface area contributed by atoms with Gasteiger partial charge in [0.15, 0.2) is 0 Å². The third-order valence-electron chi connectivity index (χ3n) is 5.86. The lowest BCUT2D eigenvalue weighted by atomic mass is 9.80. The smallest absolute Gasteiger partial charge is 0.232 e. The molecule has 2 aromatic rings. The molecule has 0 aromatic carbocycles. The minimum Gasteiger partial charge on any atom is -0.424 e. The van der Waals surface area contributed by atoms with Gasteiger partial charge in [-0.05, 0) is 57.1 Å². The monoisotopic (exact) mass is 400 g/mol. The number of anilines is 1. The molecule has 0 spiro atoms. The van der Waals surface area contributed by atoms with Gasteiger partial charge in [0.1, 0.15) is 6.07 Å². The zero-order chi connectivity index (χ0) is 19.9. The molecule has 2 aromatic heterocycles. The normalized spacial score (nSPS) is 20.8. The van der Waals surface area contributed by atoms with Crippen molar-refractivity contribution in [3.63, 3.8) is 0 Å². The molecule has 1 fully saturated rings. The summed E-state index contributed by atoms with van der Waals surface area (Å²) < 4.78 is 6.05. The van der Waals surface area contributed by atoms with E-state index in [2.05, 4.69) is 59.8 Å². The van der Waals surface area contributed by atoms with Gasteiger partial charge in [-0.3, -0.25) is 0 Å². The summed E-state index contributed by atoms with van der Waals surface area (Å²) >= 11 is 1.75. The molecule has 1 aliphatic rings. The molecule has 1 aliphatic carbocycles. The van der Waals surface area contributed by atoms with Crippen LogP contribution in [0.4, 0.5) is 5.88 Å². The fourth-order valence-corrected chi connectivity index (χ4v) is 5.03. The molecule has 5 nitrogen and oxygen atoms in total. The van der Waals surface area contributed by atoms with E-state index in [4.69, 9.17) is 4.42 Å². The number of nitrogens with one attached hydrogen (secondary N) is 1. The van der Waals surface area contributed by atoms with Crippen molar-refractivity contribution in [2.24, 2.45) is 5.92 Å². The van der Waals surface area contributed by atoms with Gasteiger partial charge in [0.05, 0.1) is 6.04 Å². The first-order valence-electron chi connectivity index (χ1n) is 10.5. The van der Waals surface area contributed by atoms with Crippen molar-refractivity contribution in [1.29, 1.82) is 5.26 Å². The van der Waals surface area contributed by atoms with Crippen LogP contribution in [-0.4, -0.2) is 30.5 Å². The maximum Gasteiger partial charge on any atom is 0.232 e. The van der Waals surface area contributed by atoms with Crippen molar-refractivity contribution < 1.29 is 4.42 Å². The molecule has 2 heterocycles. The molecule has 6 heteroatoms. The van der Waals surface area contributed by atoms with Gasteiger partial charge in [-0.25, -0.2) is 4.98 Å². The Labute approximate surface area is 172 Å². The number of likely N-dealkylation sites (N-methyl/N-ethyl adjacent to an activating group) is 1. The van der Waals surface area contributed by atoms with E-state index in [1.807, 2.05) is 0 Å². The Morgan fingerprint density at radius 1 is 1.36 bits per heavy atom. The predicted octanol–water partition coefficient (Wildman–Crippen LogP) is 5.79. The van der Waals surface area contributed by atoms with Crippen LogP contribution in [0, 0.1) is 17.2 Å². The van der Waals surface area contributed by atoms with E-state index in [0.717, 1.165) is 24.7 Å². The number of hydrogen-bond acceptors (Lipinski definition) is 6. The van der Waals surface area contributed by atoms with Crippen LogP contribution >= 0.6 is 11.3 Å². The molecule has 3 rings (SSSR count). The summed E-state index contributed by atoms with van der Waals surface area (Å²) in [7, 11) is 4.14. The van der Waals surface area contributed by atoms with Crippen LogP contribution < -0.4 is 5.32 Å². The van der Waals surface area contributed by atoms with E-state index in [1.54, 1.807) is 11.3 Å². The minimum absolute atomic E-state index is 0.231. The topological polar surface area (TPSA) is 65.1 Å². The molecular weight excluding hydrogens is 368 g/mol. The zero-order valence-corrected chi connectivity index (χ0v) is 18.1. The second kappa shape index (κ2) is 10.1. The number of oxazole rings is 1. The molecule has 0 amide bonds. The first-order valence-corrected chi connectivity index (χ1v) is 11.3. The van der Waals surface area contributed by atoms with E-state index in [-0.39, 0.29) is 6.04 Å².